The van der Waals surface area contributed by atoms with E-state index in [2.05, 4.69) is 17.4 Å². The number of esters is 1. The molecule has 0 amide bonds. The van der Waals surface area contributed by atoms with Gasteiger partial charge in [-0.25, -0.2) is 4.79 Å². The van der Waals surface area contributed by atoms with Gasteiger partial charge in [-0.15, -0.1) is 0 Å². The summed E-state index contributed by atoms with van der Waals surface area (Å²) in [5.41, 5.74) is 1.23. The van der Waals surface area contributed by atoms with Crippen molar-refractivity contribution < 1.29 is 9.53 Å². The van der Waals surface area contributed by atoms with Crippen LogP contribution in [0.4, 0.5) is 0 Å². The predicted molar refractivity (Wildman–Crippen MR) is 57.2 cm³/mol. The van der Waals surface area contributed by atoms with Crippen LogP contribution in [0.1, 0.15) is 5.56 Å². The summed E-state index contributed by atoms with van der Waals surface area (Å²) >= 11 is 0. The molecule has 1 atom stereocenters. The molecule has 0 saturated heterocycles. The van der Waals surface area contributed by atoms with Crippen LogP contribution in [0.25, 0.3) is 0 Å². The van der Waals surface area contributed by atoms with Crippen molar-refractivity contribution in [2.24, 2.45) is 0 Å². The molecule has 0 bridgehead atoms. The van der Waals surface area contributed by atoms with Crippen molar-refractivity contribution in [3.63, 3.8) is 0 Å². The Morgan fingerprint density at radius 2 is 2.07 bits per heavy atom. The lowest BCUT2D eigenvalue weighted by atomic mass is 10.2. The Balaban J connectivity index is 1.72. The molecule has 1 N–H and O–H groups in total. The Morgan fingerprint density at radius 1 is 1.27 bits per heavy atom. The highest BCUT2D eigenvalue weighted by molar-refractivity contribution is 5.84. The molecule has 78 valence electrons. The molecular weight excluding hydrogens is 190 g/mol. The number of nitrogens with one attached hydrogen (secondary N) is 1. The van der Waals surface area contributed by atoms with Crippen molar-refractivity contribution in [3.8, 4) is 0 Å². The van der Waals surface area contributed by atoms with Gasteiger partial charge in [0.1, 0.15) is 6.10 Å². The van der Waals surface area contributed by atoms with Gasteiger partial charge in [0.2, 0.25) is 0 Å². The summed E-state index contributed by atoms with van der Waals surface area (Å²) in [5, 5.41) is 3.24. The highest BCUT2D eigenvalue weighted by Gasteiger charge is 2.15. The molecule has 0 fully saturated rings. The highest BCUT2D eigenvalue weighted by Crippen LogP contribution is 2.04. The zero-order chi connectivity index (χ0) is 10.5. The normalized spacial score (nSPS) is 19.2. The second-order valence-electron chi connectivity index (χ2n) is 3.45. The molecule has 0 spiro atoms. The van der Waals surface area contributed by atoms with Gasteiger partial charge >= 0.3 is 5.97 Å². The van der Waals surface area contributed by atoms with Crippen LogP contribution in [0.3, 0.4) is 0 Å². The molecule has 0 aliphatic carbocycles. The lowest BCUT2D eigenvalue weighted by molar-refractivity contribution is -0.138. The van der Waals surface area contributed by atoms with E-state index >= 15 is 0 Å². The number of carbonyl (C=O) groups is 1. The molecule has 1 aliphatic rings. The van der Waals surface area contributed by atoms with Gasteiger partial charge in [0, 0.05) is 19.2 Å². The topological polar surface area (TPSA) is 38.3 Å². The molecule has 1 aromatic rings. The average Bonchev–Trinajstić information content (AvgIpc) is 2.66. The zero-order valence-corrected chi connectivity index (χ0v) is 8.35. The maximum absolute atomic E-state index is 10.7. The van der Waals surface area contributed by atoms with E-state index in [1.807, 2.05) is 18.2 Å². The van der Waals surface area contributed by atoms with Crippen LogP contribution >= 0.6 is 0 Å². The Morgan fingerprint density at radius 3 is 2.73 bits per heavy atom. The van der Waals surface area contributed by atoms with Gasteiger partial charge in [-0.3, -0.25) is 0 Å². The Hall–Kier alpha value is -1.61. The first-order valence-electron chi connectivity index (χ1n) is 4.98. The van der Waals surface area contributed by atoms with Crippen LogP contribution in [0, 0.1) is 0 Å². The summed E-state index contributed by atoms with van der Waals surface area (Å²) in [7, 11) is 0. The smallest absolute Gasteiger partial charge is 0.331 e. The van der Waals surface area contributed by atoms with Crippen LogP contribution in [0.2, 0.25) is 0 Å². The third-order valence-electron chi connectivity index (χ3n) is 2.23. The Labute approximate surface area is 88.8 Å². The first kappa shape index (κ1) is 9.93. The van der Waals surface area contributed by atoms with Crippen molar-refractivity contribution >= 4 is 5.97 Å². The summed E-state index contributed by atoms with van der Waals surface area (Å²) in [6, 6.07) is 10.1. The van der Waals surface area contributed by atoms with E-state index in [1.54, 1.807) is 6.08 Å². The van der Waals surface area contributed by atoms with Crippen molar-refractivity contribution in [2.75, 3.05) is 6.54 Å². The molecule has 1 aromatic carbocycles. The van der Waals surface area contributed by atoms with Crippen molar-refractivity contribution in [1.29, 1.82) is 0 Å². The van der Waals surface area contributed by atoms with Crippen LogP contribution in [-0.2, 0) is 16.1 Å². The zero-order valence-electron chi connectivity index (χ0n) is 8.35. The SMILES string of the molecule is O=C1C=CC(CNCc2ccccc2)O1. The van der Waals surface area contributed by atoms with Gasteiger partial charge in [-0.1, -0.05) is 30.3 Å². The average molecular weight is 203 g/mol. The van der Waals surface area contributed by atoms with E-state index in [4.69, 9.17) is 4.74 Å². The maximum atomic E-state index is 10.7. The fourth-order valence-electron chi connectivity index (χ4n) is 1.48. The van der Waals surface area contributed by atoms with Crippen molar-refractivity contribution in [2.45, 2.75) is 12.6 Å². The molecular formula is C12H13NO2. The third kappa shape index (κ3) is 2.92. The van der Waals surface area contributed by atoms with Crippen LogP contribution in [0.15, 0.2) is 42.5 Å². The number of ether oxygens (including phenoxy) is 1. The third-order valence-corrected chi connectivity index (χ3v) is 2.23. The molecule has 3 nitrogen and oxygen atoms in total. The minimum atomic E-state index is -0.249. The number of benzene rings is 1. The number of cyclic esters (lactones) is 1. The van der Waals surface area contributed by atoms with E-state index in [-0.39, 0.29) is 12.1 Å². The maximum Gasteiger partial charge on any atom is 0.331 e. The highest BCUT2D eigenvalue weighted by atomic mass is 16.5. The molecule has 3 heteroatoms. The van der Waals surface area contributed by atoms with Gasteiger partial charge in [-0.2, -0.15) is 0 Å². The van der Waals surface area contributed by atoms with Gasteiger partial charge in [-0.05, 0) is 11.6 Å². The fourth-order valence-corrected chi connectivity index (χ4v) is 1.48. The monoisotopic (exact) mass is 203 g/mol. The summed E-state index contributed by atoms with van der Waals surface area (Å²) in [5.74, 6) is -0.249. The van der Waals surface area contributed by atoms with Gasteiger partial charge in [0.05, 0.1) is 0 Å². The molecule has 0 aromatic heterocycles. The molecule has 0 saturated carbocycles. The number of carbonyl (C=O) groups excluding carboxylic acids is 1. The lowest BCUT2D eigenvalue weighted by Crippen LogP contribution is -2.26. The molecule has 1 aliphatic heterocycles. The van der Waals surface area contributed by atoms with Crippen LogP contribution in [-0.4, -0.2) is 18.6 Å². The van der Waals surface area contributed by atoms with E-state index in [0.29, 0.717) is 6.54 Å². The van der Waals surface area contributed by atoms with E-state index < -0.39 is 0 Å². The van der Waals surface area contributed by atoms with Gasteiger partial charge in [0.15, 0.2) is 0 Å². The minimum absolute atomic E-state index is 0.110. The Kier molecular flexibility index (Phi) is 3.15. The first-order valence-corrected chi connectivity index (χ1v) is 4.98. The van der Waals surface area contributed by atoms with Crippen LogP contribution in [0.5, 0.6) is 0 Å². The second-order valence-corrected chi connectivity index (χ2v) is 3.45. The van der Waals surface area contributed by atoms with E-state index in [9.17, 15) is 4.79 Å². The number of hydrogen-bond acceptors (Lipinski definition) is 3. The summed E-state index contributed by atoms with van der Waals surface area (Å²) < 4.78 is 4.99. The van der Waals surface area contributed by atoms with Crippen molar-refractivity contribution in [3.05, 3.63) is 48.0 Å². The number of rotatable bonds is 4. The fraction of sp³-hybridized carbons (Fsp3) is 0.250. The minimum Gasteiger partial charge on any atom is -0.454 e. The first-order chi connectivity index (χ1) is 7.34. The standard InChI is InChI=1S/C12H13NO2/c14-12-7-6-11(15-12)9-13-8-10-4-2-1-3-5-10/h1-7,11,13H,8-9H2. The predicted octanol–water partition coefficient (Wildman–Crippen LogP) is 1.26. The van der Waals surface area contributed by atoms with E-state index in [0.717, 1.165) is 6.54 Å². The van der Waals surface area contributed by atoms with Gasteiger partial charge in [0.25, 0.3) is 0 Å². The molecule has 15 heavy (non-hydrogen) atoms. The van der Waals surface area contributed by atoms with Crippen molar-refractivity contribution in [1.82, 2.24) is 5.32 Å². The quantitative estimate of drug-likeness (QED) is 0.749. The lowest BCUT2D eigenvalue weighted by Gasteiger charge is -2.09. The molecule has 2 rings (SSSR count). The molecule has 1 unspecified atom stereocenters. The number of hydrogen-bond donors (Lipinski definition) is 1. The summed E-state index contributed by atoms with van der Waals surface area (Å²) in [4.78, 5) is 10.7. The van der Waals surface area contributed by atoms with E-state index in [1.165, 1.54) is 11.6 Å². The summed E-state index contributed by atoms with van der Waals surface area (Å²) in [6.07, 6.45) is 3.14. The Bertz CT molecular complexity index is 359. The summed E-state index contributed by atoms with van der Waals surface area (Å²) in [6.45, 7) is 1.46. The second kappa shape index (κ2) is 4.75. The van der Waals surface area contributed by atoms with Crippen LogP contribution < -0.4 is 5.32 Å². The molecule has 1 heterocycles. The van der Waals surface area contributed by atoms with Gasteiger partial charge < -0.3 is 10.1 Å². The molecule has 0 radical (unpaired) electrons. The largest absolute Gasteiger partial charge is 0.454 e.